The Morgan fingerprint density at radius 2 is 1.94 bits per heavy atom. The van der Waals surface area contributed by atoms with Crippen molar-refractivity contribution in [3.8, 4) is 0 Å². The number of carbonyl (C=O) groups excluding carboxylic acids is 2. The molecule has 1 N–H and O–H groups in total. The van der Waals surface area contributed by atoms with Gasteiger partial charge in [0.25, 0.3) is 0 Å². The van der Waals surface area contributed by atoms with Gasteiger partial charge in [-0.05, 0) is 50.9 Å². The minimum atomic E-state index is -0.727. The largest absolute Gasteiger partial charge is 0.341 e. The van der Waals surface area contributed by atoms with Crippen LogP contribution in [0.3, 0.4) is 0 Å². The zero-order valence-electron chi connectivity index (χ0n) is 10.6. The van der Waals surface area contributed by atoms with Gasteiger partial charge in [0.05, 0.1) is 6.54 Å². The molecule has 3 fully saturated rings. The van der Waals surface area contributed by atoms with Crippen LogP contribution in [-0.4, -0.2) is 35.3 Å². The Hall–Kier alpha value is -1.06. The van der Waals surface area contributed by atoms with Crippen LogP contribution in [0, 0.1) is 11.3 Å². The number of nitrogens with one attached hydrogen (secondary N) is 1. The average molecular weight is 236 g/mol. The van der Waals surface area contributed by atoms with Crippen LogP contribution in [0.25, 0.3) is 0 Å². The maximum atomic E-state index is 12.3. The zero-order valence-corrected chi connectivity index (χ0v) is 10.6. The molecule has 4 heteroatoms. The first-order valence-electron chi connectivity index (χ1n) is 6.53. The van der Waals surface area contributed by atoms with Gasteiger partial charge in [-0.25, -0.2) is 0 Å². The van der Waals surface area contributed by atoms with E-state index in [1.54, 1.807) is 18.7 Å². The standard InChI is InChI=1S/C13H20N2O2/c1-12(2)11(17)15(7-10(16)14-12)8-13(5-6-13)9-3-4-9/h9H,3-8H2,1-2H3,(H,14,16). The fourth-order valence-electron chi connectivity index (χ4n) is 3.14. The molecule has 3 rings (SSSR count). The van der Waals surface area contributed by atoms with Crippen molar-refractivity contribution in [1.29, 1.82) is 0 Å². The predicted octanol–water partition coefficient (Wildman–Crippen LogP) is 0.914. The second-order valence-electron chi connectivity index (χ2n) is 6.47. The number of nitrogens with zero attached hydrogens (tertiary/aromatic N) is 1. The third-order valence-electron chi connectivity index (χ3n) is 4.45. The Morgan fingerprint density at radius 3 is 2.47 bits per heavy atom. The second-order valence-corrected chi connectivity index (χ2v) is 6.47. The molecule has 2 aliphatic carbocycles. The van der Waals surface area contributed by atoms with Gasteiger partial charge >= 0.3 is 0 Å². The first-order chi connectivity index (χ1) is 7.93. The molecule has 1 saturated heterocycles. The normalized spacial score (nSPS) is 30.1. The van der Waals surface area contributed by atoms with Crippen molar-refractivity contribution >= 4 is 11.8 Å². The van der Waals surface area contributed by atoms with Gasteiger partial charge in [-0.15, -0.1) is 0 Å². The Morgan fingerprint density at radius 1 is 1.29 bits per heavy atom. The van der Waals surface area contributed by atoms with E-state index in [4.69, 9.17) is 0 Å². The monoisotopic (exact) mass is 236 g/mol. The molecule has 4 nitrogen and oxygen atoms in total. The highest BCUT2D eigenvalue weighted by Gasteiger charge is 2.56. The van der Waals surface area contributed by atoms with Crippen LogP contribution in [0.4, 0.5) is 0 Å². The van der Waals surface area contributed by atoms with Gasteiger partial charge in [0.15, 0.2) is 0 Å². The van der Waals surface area contributed by atoms with Crippen molar-refractivity contribution < 1.29 is 9.59 Å². The van der Waals surface area contributed by atoms with Gasteiger partial charge < -0.3 is 10.2 Å². The summed E-state index contributed by atoms with van der Waals surface area (Å²) in [5.74, 6) is 0.869. The highest BCUT2D eigenvalue weighted by Crippen LogP contribution is 2.61. The lowest BCUT2D eigenvalue weighted by Gasteiger charge is -2.39. The van der Waals surface area contributed by atoms with Gasteiger partial charge in [0.1, 0.15) is 5.54 Å². The van der Waals surface area contributed by atoms with E-state index >= 15 is 0 Å². The summed E-state index contributed by atoms with van der Waals surface area (Å²) >= 11 is 0. The molecule has 0 aromatic carbocycles. The fraction of sp³-hybridized carbons (Fsp3) is 0.846. The minimum absolute atomic E-state index is 0.0267. The predicted molar refractivity (Wildman–Crippen MR) is 63.2 cm³/mol. The van der Waals surface area contributed by atoms with E-state index in [2.05, 4.69) is 5.32 Å². The Bertz CT molecular complexity index is 381. The lowest BCUT2D eigenvalue weighted by molar-refractivity contribution is -0.149. The second kappa shape index (κ2) is 3.24. The average Bonchev–Trinajstić information content (AvgIpc) is 3.05. The van der Waals surface area contributed by atoms with E-state index in [1.807, 2.05) is 0 Å². The Balaban J connectivity index is 1.73. The first kappa shape index (κ1) is 11.1. The molecule has 2 amide bonds. The molecule has 0 aromatic heterocycles. The summed E-state index contributed by atoms with van der Waals surface area (Å²) in [5, 5.41) is 2.76. The molecule has 0 atom stereocenters. The number of hydrogen-bond acceptors (Lipinski definition) is 2. The van der Waals surface area contributed by atoms with E-state index in [-0.39, 0.29) is 18.4 Å². The maximum Gasteiger partial charge on any atom is 0.248 e. The number of carbonyl (C=O) groups is 2. The van der Waals surface area contributed by atoms with Crippen molar-refractivity contribution in [1.82, 2.24) is 10.2 Å². The van der Waals surface area contributed by atoms with Crippen LogP contribution < -0.4 is 5.32 Å². The zero-order chi connectivity index (χ0) is 12.3. The summed E-state index contributed by atoms with van der Waals surface area (Å²) in [6.45, 7) is 4.62. The molecule has 0 spiro atoms. The molecule has 0 unspecified atom stereocenters. The first-order valence-corrected chi connectivity index (χ1v) is 6.53. The van der Waals surface area contributed by atoms with E-state index in [0.29, 0.717) is 5.41 Å². The third kappa shape index (κ3) is 1.83. The lowest BCUT2D eigenvalue weighted by Crippen LogP contribution is -2.64. The number of rotatable bonds is 3. The molecule has 94 valence electrons. The van der Waals surface area contributed by atoms with E-state index in [1.165, 1.54) is 25.7 Å². The Kier molecular flexibility index (Phi) is 2.11. The Labute approximate surface area is 102 Å². The van der Waals surface area contributed by atoms with Crippen molar-refractivity contribution in [2.75, 3.05) is 13.1 Å². The molecular weight excluding hydrogens is 216 g/mol. The van der Waals surface area contributed by atoms with Crippen LogP contribution in [0.5, 0.6) is 0 Å². The summed E-state index contributed by atoms with van der Waals surface area (Å²) in [7, 11) is 0. The summed E-state index contributed by atoms with van der Waals surface area (Å²) in [6, 6.07) is 0. The van der Waals surface area contributed by atoms with Crippen LogP contribution in [0.15, 0.2) is 0 Å². The highest BCUT2D eigenvalue weighted by molar-refractivity contribution is 5.97. The van der Waals surface area contributed by atoms with Crippen LogP contribution in [0.2, 0.25) is 0 Å². The van der Waals surface area contributed by atoms with Crippen LogP contribution >= 0.6 is 0 Å². The van der Waals surface area contributed by atoms with Gasteiger partial charge in [-0.2, -0.15) is 0 Å². The topological polar surface area (TPSA) is 49.4 Å². The van der Waals surface area contributed by atoms with Crippen molar-refractivity contribution in [2.24, 2.45) is 11.3 Å². The summed E-state index contributed by atoms with van der Waals surface area (Å²) in [6.07, 6.45) is 5.11. The summed E-state index contributed by atoms with van der Waals surface area (Å²) in [5.41, 5.74) is -0.349. The number of hydrogen-bond donors (Lipinski definition) is 1. The van der Waals surface area contributed by atoms with Gasteiger partial charge in [0.2, 0.25) is 11.8 Å². The molecule has 2 saturated carbocycles. The van der Waals surface area contributed by atoms with Crippen LogP contribution in [-0.2, 0) is 9.59 Å². The lowest BCUT2D eigenvalue weighted by atomic mass is 9.95. The number of piperazine rings is 1. The van der Waals surface area contributed by atoms with Crippen LogP contribution in [0.1, 0.15) is 39.5 Å². The quantitative estimate of drug-likeness (QED) is 0.792. The molecule has 0 bridgehead atoms. The minimum Gasteiger partial charge on any atom is -0.341 e. The molecule has 1 aliphatic heterocycles. The SMILES string of the molecule is CC1(C)NC(=O)CN(CC2(C3CC3)CC2)C1=O. The molecule has 1 heterocycles. The van der Waals surface area contributed by atoms with Gasteiger partial charge in [-0.3, -0.25) is 9.59 Å². The molecule has 0 aromatic rings. The maximum absolute atomic E-state index is 12.3. The summed E-state index contributed by atoms with van der Waals surface area (Å²) < 4.78 is 0. The fourth-order valence-corrected chi connectivity index (χ4v) is 3.14. The van der Waals surface area contributed by atoms with Gasteiger partial charge in [0, 0.05) is 6.54 Å². The third-order valence-corrected chi connectivity index (χ3v) is 4.45. The van der Waals surface area contributed by atoms with E-state index in [9.17, 15) is 9.59 Å². The molecule has 17 heavy (non-hydrogen) atoms. The van der Waals surface area contributed by atoms with Crippen molar-refractivity contribution in [3.05, 3.63) is 0 Å². The smallest absolute Gasteiger partial charge is 0.248 e. The highest BCUT2D eigenvalue weighted by atomic mass is 16.2. The number of amides is 2. The van der Waals surface area contributed by atoms with Crippen molar-refractivity contribution in [3.63, 3.8) is 0 Å². The van der Waals surface area contributed by atoms with E-state index < -0.39 is 5.54 Å². The molecule has 0 radical (unpaired) electrons. The summed E-state index contributed by atoms with van der Waals surface area (Å²) in [4.78, 5) is 25.7. The molecular formula is C13H20N2O2. The van der Waals surface area contributed by atoms with Crippen molar-refractivity contribution in [2.45, 2.75) is 45.1 Å². The van der Waals surface area contributed by atoms with E-state index in [0.717, 1.165) is 12.5 Å². The van der Waals surface area contributed by atoms with Gasteiger partial charge in [-0.1, -0.05) is 0 Å². The molecule has 3 aliphatic rings.